The molecule has 2 aromatic rings. The number of nitrogens with one attached hydrogen (secondary N) is 2. The number of carbonyl (C=O) groups is 4. The van der Waals surface area contributed by atoms with Gasteiger partial charge in [0.2, 0.25) is 5.91 Å². The second kappa shape index (κ2) is 13.2. The summed E-state index contributed by atoms with van der Waals surface area (Å²) in [6.45, 7) is 10.3. The predicted molar refractivity (Wildman–Crippen MR) is 152 cm³/mol. The van der Waals surface area contributed by atoms with Crippen molar-refractivity contribution in [2.45, 2.75) is 83.6 Å². The van der Waals surface area contributed by atoms with E-state index in [9.17, 15) is 24.3 Å². The van der Waals surface area contributed by atoms with E-state index in [0.29, 0.717) is 0 Å². The number of hydrogen-bond acceptors (Lipinski definition) is 7. The minimum absolute atomic E-state index is 0.0209. The van der Waals surface area contributed by atoms with Crippen LogP contribution in [0.25, 0.3) is 11.1 Å². The number of alkyl carbamates (subject to hydrolysis) is 1. The molecule has 10 nitrogen and oxygen atoms in total. The van der Waals surface area contributed by atoms with Crippen LogP contribution in [0.15, 0.2) is 48.5 Å². The molecule has 0 saturated heterocycles. The summed E-state index contributed by atoms with van der Waals surface area (Å²) in [6, 6.07) is 13.3. The zero-order valence-corrected chi connectivity index (χ0v) is 24.5. The fourth-order valence-corrected chi connectivity index (χ4v) is 4.47. The van der Waals surface area contributed by atoms with Crippen LogP contribution in [-0.2, 0) is 28.6 Å². The summed E-state index contributed by atoms with van der Waals surface area (Å²) >= 11 is 0. The van der Waals surface area contributed by atoms with Crippen LogP contribution < -0.4 is 10.6 Å². The summed E-state index contributed by atoms with van der Waals surface area (Å²) in [6.07, 6.45) is -1.48. The molecule has 0 heterocycles. The number of carboxylic acid groups (broad SMARTS) is 1. The van der Waals surface area contributed by atoms with Crippen molar-refractivity contribution in [3.05, 3.63) is 59.7 Å². The molecule has 0 bridgehead atoms. The van der Waals surface area contributed by atoms with Gasteiger partial charge in [-0.05, 0) is 70.2 Å². The molecule has 3 N–H and O–H groups in total. The lowest BCUT2D eigenvalue weighted by atomic mass is 9.98. The van der Waals surface area contributed by atoms with Gasteiger partial charge < -0.3 is 30.0 Å². The number of aliphatic carboxylic acids is 1. The Morgan fingerprint density at radius 1 is 0.829 bits per heavy atom. The molecule has 2 amide bonds. The first-order valence-electron chi connectivity index (χ1n) is 13.6. The van der Waals surface area contributed by atoms with Crippen molar-refractivity contribution in [2.24, 2.45) is 0 Å². The predicted octanol–water partition coefficient (Wildman–Crippen LogP) is 4.40. The number of esters is 1. The van der Waals surface area contributed by atoms with E-state index in [4.69, 9.17) is 14.2 Å². The standard InChI is InChI=1S/C31H40N2O8/c1-30(2,3)40-18-25(28(37)41-31(4,5)6)32-27(36)24(15-16-26(34)35)33-29(38)39-17-23-21-13-9-7-11-19(21)20-12-8-10-14-22(20)23/h7-14,23-25H,15-18H2,1-6H3,(H,32,36)(H,33,38)(H,34,35)/t24-,25-/m0/s1. The average molecular weight is 569 g/mol. The van der Waals surface area contributed by atoms with Gasteiger partial charge in [-0.25, -0.2) is 9.59 Å². The lowest BCUT2D eigenvalue weighted by Gasteiger charge is -2.28. The van der Waals surface area contributed by atoms with Gasteiger partial charge in [0, 0.05) is 12.3 Å². The Balaban J connectivity index is 1.70. The second-order valence-electron chi connectivity index (χ2n) is 12.0. The summed E-state index contributed by atoms with van der Waals surface area (Å²) < 4.78 is 16.7. The van der Waals surface area contributed by atoms with Crippen LogP contribution in [-0.4, -0.2) is 65.5 Å². The van der Waals surface area contributed by atoms with Gasteiger partial charge in [0.05, 0.1) is 12.2 Å². The van der Waals surface area contributed by atoms with Crippen molar-refractivity contribution in [2.75, 3.05) is 13.2 Å². The molecular formula is C31H40N2O8. The highest BCUT2D eigenvalue weighted by atomic mass is 16.6. The summed E-state index contributed by atoms with van der Waals surface area (Å²) in [5, 5.41) is 14.3. The molecule has 222 valence electrons. The van der Waals surface area contributed by atoms with Gasteiger partial charge in [-0.3, -0.25) is 9.59 Å². The van der Waals surface area contributed by atoms with E-state index in [0.717, 1.165) is 22.3 Å². The van der Waals surface area contributed by atoms with E-state index >= 15 is 0 Å². The van der Waals surface area contributed by atoms with Crippen LogP contribution in [0, 0.1) is 0 Å². The zero-order chi connectivity index (χ0) is 30.4. The first kappa shape index (κ1) is 31.6. The summed E-state index contributed by atoms with van der Waals surface area (Å²) in [7, 11) is 0. The Kier molecular flexibility index (Phi) is 10.1. The van der Waals surface area contributed by atoms with E-state index in [1.54, 1.807) is 41.5 Å². The summed E-state index contributed by atoms with van der Waals surface area (Å²) in [5.41, 5.74) is 2.78. The monoisotopic (exact) mass is 568 g/mol. The molecule has 41 heavy (non-hydrogen) atoms. The molecule has 0 aromatic heterocycles. The molecule has 1 aliphatic rings. The largest absolute Gasteiger partial charge is 0.481 e. The maximum absolute atomic E-state index is 13.2. The third-order valence-corrected chi connectivity index (χ3v) is 6.29. The Hall–Kier alpha value is -3.92. The maximum atomic E-state index is 13.2. The molecule has 2 aromatic carbocycles. The van der Waals surface area contributed by atoms with Crippen molar-refractivity contribution in [1.29, 1.82) is 0 Å². The van der Waals surface area contributed by atoms with E-state index in [-0.39, 0.29) is 25.6 Å². The number of fused-ring (bicyclic) bond motifs is 3. The van der Waals surface area contributed by atoms with Crippen molar-refractivity contribution in [3.63, 3.8) is 0 Å². The van der Waals surface area contributed by atoms with Crippen LogP contribution in [0.2, 0.25) is 0 Å². The smallest absolute Gasteiger partial charge is 0.407 e. The summed E-state index contributed by atoms with van der Waals surface area (Å²) in [4.78, 5) is 50.2. The van der Waals surface area contributed by atoms with Gasteiger partial charge in [0.25, 0.3) is 0 Å². The van der Waals surface area contributed by atoms with Crippen LogP contribution in [0.4, 0.5) is 4.79 Å². The quantitative estimate of drug-likeness (QED) is 0.339. The topological polar surface area (TPSA) is 140 Å². The Bertz CT molecular complexity index is 1220. The van der Waals surface area contributed by atoms with Crippen molar-refractivity contribution < 1.29 is 38.5 Å². The Morgan fingerprint density at radius 3 is 1.90 bits per heavy atom. The highest BCUT2D eigenvalue weighted by molar-refractivity contribution is 5.90. The molecule has 0 saturated carbocycles. The van der Waals surface area contributed by atoms with Gasteiger partial charge in [0.15, 0.2) is 6.04 Å². The molecule has 2 atom stereocenters. The number of benzene rings is 2. The lowest BCUT2D eigenvalue weighted by molar-refractivity contribution is -0.162. The number of hydrogen-bond donors (Lipinski definition) is 3. The fraction of sp³-hybridized carbons (Fsp3) is 0.484. The first-order chi connectivity index (χ1) is 19.1. The highest BCUT2D eigenvalue weighted by Crippen LogP contribution is 2.44. The molecular weight excluding hydrogens is 528 g/mol. The summed E-state index contributed by atoms with van der Waals surface area (Å²) in [5.74, 6) is -2.80. The highest BCUT2D eigenvalue weighted by Gasteiger charge is 2.33. The Labute approximate surface area is 240 Å². The number of amides is 2. The van der Waals surface area contributed by atoms with Crippen LogP contribution in [0.1, 0.15) is 71.4 Å². The third-order valence-electron chi connectivity index (χ3n) is 6.29. The number of rotatable bonds is 11. The molecule has 0 unspecified atom stereocenters. The third kappa shape index (κ3) is 9.31. The average Bonchev–Trinajstić information content (AvgIpc) is 3.19. The lowest BCUT2D eigenvalue weighted by Crippen LogP contribution is -2.54. The van der Waals surface area contributed by atoms with E-state index in [1.165, 1.54) is 0 Å². The second-order valence-corrected chi connectivity index (χ2v) is 12.0. The van der Waals surface area contributed by atoms with E-state index in [1.807, 2.05) is 48.5 Å². The van der Waals surface area contributed by atoms with Crippen LogP contribution in [0.3, 0.4) is 0 Å². The maximum Gasteiger partial charge on any atom is 0.407 e. The molecule has 0 radical (unpaired) electrons. The number of carboxylic acids is 1. The fourth-order valence-electron chi connectivity index (χ4n) is 4.47. The molecule has 3 rings (SSSR count). The number of ether oxygens (including phenoxy) is 3. The normalized spacial score (nSPS) is 14.3. The van der Waals surface area contributed by atoms with E-state index in [2.05, 4.69) is 10.6 Å². The van der Waals surface area contributed by atoms with E-state index < -0.39 is 53.6 Å². The minimum atomic E-state index is -1.28. The van der Waals surface area contributed by atoms with Gasteiger partial charge in [-0.1, -0.05) is 48.5 Å². The van der Waals surface area contributed by atoms with Crippen LogP contribution >= 0.6 is 0 Å². The van der Waals surface area contributed by atoms with Gasteiger partial charge >= 0.3 is 18.0 Å². The molecule has 10 heteroatoms. The van der Waals surface area contributed by atoms with Gasteiger partial charge in [-0.2, -0.15) is 0 Å². The molecule has 0 aliphatic heterocycles. The molecule has 1 aliphatic carbocycles. The minimum Gasteiger partial charge on any atom is -0.481 e. The van der Waals surface area contributed by atoms with Gasteiger partial charge in [0.1, 0.15) is 18.2 Å². The van der Waals surface area contributed by atoms with Crippen molar-refractivity contribution in [1.82, 2.24) is 10.6 Å². The zero-order valence-electron chi connectivity index (χ0n) is 24.5. The van der Waals surface area contributed by atoms with Crippen LogP contribution in [0.5, 0.6) is 0 Å². The van der Waals surface area contributed by atoms with Gasteiger partial charge in [-0.15, -0.1) is 0 Å². The first-order valence-corrected chi connectivity index (χ1v) is 13.6. The Morgan fingerprint density at radius 2 is 1.39 bits per heavy atom. The number of carbonyl (C=O) groups excluding carboxylic acids is 3. The molecule has 0 spiro atoms. The molecule has 0 fully saturated rings. The SMILES string of the molecule is CC(C)(C)OC[C@H](NC(=O)[C@H](CCC(=O)O)NC(=O)OCC1c2ccccc2-c2ccccc21)C(=O)OC(C)(C)C. The van der Waals surface area contributed by atoms with Crippen molar-refractivity contribution in [3.8, 4) is 11.1 Å². The van der Waals surface area contributed by atoms with Crippen molar-refractivity contribution >= 4 is 23.9 Å².